The lowest BCUT2D eigenvalue weighted by Crippen LogP contribution is -2.33. The Morgan fingerprint density at radius 2 is 2.31 bits per heavy atom. The van der Waals surface area contributed by atoms with Gasteiger partial charge in [0, 0.05) is 13.1 Å². The summed E-state index contributed by atoms with van der Waals surface area (Å²) >= 11 is 0. The van der Waals surface area contributed by atoms with Crippen LogP contribution in [0.4, 0.5) is 4.39 Å². The molecule has 1 aromatic carbocycles. The number of aryl methyl sites for hydroxylation is 1. The Morgan fingerprint density at radius 3 is 2.88 bits per heavy atom. The minimum absolute atomic E-state index is 0.0408. The van der Waals surface area contributed by atoms with Crippen LogP contribution in [0.2, 0.25) is 0 Å². The topological polar surface area (TPSA) is 46.3 Å². The molecule has 1 atom stereocenters. The van der Waals surface area contributed by atoms with E-state index in [1.165, 1.54) is 6.07 Å². The van der Waals surface area contributed by atoms with E-state index in [9.17, 15) is 9.18 Å². The number of rotatable bonds is 2. The molecule has 0 saturated carbocycles. The molecule has 1 aliphatic rings. The zero-order chi connectivity index (χ0) is 11.7. The molecule has 0 unspecified atom stereocenters. The average Bonchev–Trinajstić information content (AvgIpc) is 2.55. The molecular weight excluding hydrogens is 207 g/mol. The molecule has 0 radical (unpaired) electrons. The average molecular weight is 222 g/mol. The molecule has 2 rings (SSSR count). The van der Waals surface area contributed by atoms with Gasteiger partial charge in [0.15, 0.2) is 0 Å². The van der Waals surface area contributed by atoms with Gasteiger partial charge in [-0.25, -0.2) is 4.39 Å². The van der Waals surface area contributed by atoms with E-state index in [2.05, 4.69) is 0 Å². The number of likely N-dealkylation sites (tertiary alicyclic amines) is 1. The summed E-state index contributed by atoms with van der Waals surface area (Å²) in [5.41, 5.74) is 7.04. The van der Waals surface area contributed by atoms with Gasteiger partial charge in [0.25, 0.3) is 0 Å². The van der Waals surface area contributed by atoms with Gasteiger partial charge < -0.3 is 10.6 Å². The van der Waals surface area contributed by atoms with Crippen LogP contribution >= 0.6 is 0 Å². The molecule has 16 heavy (non-hydrogen) atoms. The molecule has 1 amide bonds. The number of hydrogen-bond acceptors (Lipinski definition) is 2. The predicted octanol–water partition coefficient (Wildman–Crippen LogP) is 1.19. The molecule has 1 fully saturated rings. The van der Waals surface area contributed by atoms with Crippen LogP contribution < -0.4 is 5.73 Å². The maximum Gasteiger partial charge on any atom is 0.239 e. The zero-order valence-corrected chi connectivity index (χ0v) is 9.24. The van der Waals surface area contributed by atoms with E-state index < -0.39 is 0 Å². The largest absolute Gasteiger partial charge is 0.337 e. The van der Waals surface area contributed by atoms with Crippen LogP contribution in [0, 0.1) is 12.7 Å². The molecule has 1 saturated heterocycles. The molecule has 1 aromatic rings. The fourth-order valence-corrected chi connectivity index (χ4v) is 1.88. The summed E-state index contributed by atoms with van der Waals surface area (Å²) in [5.74, 6) is -0.269. The quantitative estimate of drug-likeness (QED) is 0.817. The number of hydrogen-bond donors (Lipinski definition) is 1. The van der Waals surface area contributed by atoms with Gasteiger partial charge in [0.1, 0.15) is 5.82 Å². The first-order valence-electron chi connectivity index (χ1n) is 5.37. The molecule has 4 heteroatoms. The van der Waals surface area contributed by atoms with E-state index >= 15 is 0 Å². The third-order valence-electron chi connectivity index (χ3n) is 2.95. The number of carbonyl (C=O) groups is 1. The first-order valence-corrected chi connectivity index (χ1v) is 5.37. The summed E-state index contributed by atoms with van der Waals surface area (Å²) in [6.45, 7) is 2.83. The van der Waals surface area contributed by atoms with Crippen molar-refractivity contribution in [2.24, 2.45) is 5.73 Å². The lowest BCUT2D eigenvalue weighted by molar-refractivity contribution is -0.129. The van der Waals surface area contributed by atoms with Gasteiger partial charge >= 0.3 is 0 Å². The summed E-state index contributed by atoms with van der Waals surface area (Å²) < 4.78 is 13.3. The lowest BCUT2D eigenvalue weighted by atomic mass is 10.1. The third-order valence-corrected chi connectivity index (χ3v) is 2.95. The molecular formula is C12H15FN2O. The summed E-state index contributed by atoms with van der Waals surface area (Å²) in [5, 5.41) is 0. The normalized spacial score (nSPS) is 20.6. The van der Waals surface area contributed by atoms with E-state index in [-0.39, 0.29) is 17.8 Å². The van der Waals surface area contributed by atoms with Gasteiger partial charge in [-0.2, -0.15) is 0 Å². The molecule has 0 bridgehead atoms. The molecule has 86 valence electrons. The Kier molecular flexibility index (Phi) is 2.92. The monoisotopic (exact) mass is 222 g/mol. The number of nitrogens with zero attached hydrogens (tertiary/aromatic N) is 1. The van der Waals surface area contributed by atoms with Gasteiger partial charge in [0.2, 0.25) is 5.91 Å². The minimum Gasteiger partial charge on any atom is -0.337 e. The highest BCUT2D eigenvalue weighted by atomic mass is 19.1. The second-order valence-corrected chi connectivity index (χ2v) is 4.24. The van der Waals surface area contributed by atoms with Crippen molar-refractivity contribution in [3.63, 3.8) is 0 Å². The summed E-state index contributed by atoms with van der Waals surface area (Å²) in [6, 6.07) is 4.67. The maximum atomic E-state index is 13.3. The van der Waals surface area contributed by atoms with Crippen LogP contribution in [0.5, 0.6) is 0 Å². The van der Waals surface area contributed by atoms with E-state index in [1.807, 2.05) is 6.07 Å². The van der Waals surface area contributed by atoms with E-state index in [0.29, 0.717) is 25.1 Å². The van der Waals surface area contributed by atoms with Crippen LogP contribution in [0.1, 0.15) is 17.5 Å². The van der Waals surface area contributed by atoms with Crippen molar-refractivity contribution in [2.45, 2.75) is 25.9 Å². The molecule has 2 N–H and O–H groups in total. The van der Waals surface area contributed by atoms with Crippen LogP contribution in [0.3, 0.4) is 0 Å². The number of benzene rings is 1. The molecule has 1 aliphatic heterocycles. The zero-order valence-electron chi connectivity index (χ0n) is 9.24. The lowest BCUT2D eigenvalue weighted by Gasteiger charge is -2.16. The summed E-state index contributed by atoms with van der Waals surface area (Å²) in [7, 11) is 0. The Bertz CT molecular complexity index is 419. The first kappa shape index (κ1) is 11.1. The van der Waals surface area contributed by atoms with Crippen LogP contribution in [0.25, 0.3) is 0 Å². The Morgan fingerprint density at radius 1 is 1.56 bits per heavy atom. The maximum absolute atomic E-state index is 13.3. The van der Waals surface area contributed by atoms with Crippen LogP contribution in [0.15, 0.2) is 18.2 Å². The number of amides is 1. The summed E-state index contributed by atoms with van der Waals surface area (Å²) in [6.07, 6.45) is 0.688. The second kappa shape index (κ2) is 4.22. The highest BCUT2D eigenvalue weighted by Crippen LogP contribution is 2.15. The Hall–Kier alpha value is -1.42. The fourth-order valence-electron chi connectivity index (χ4n) is 1.88. The van der Waals surface area contributed by atoms with E-state index in [1.54, 1.807) is 17.9 Å². The van der Waals surface area contributed by atoms with Gasteiger partial charge in [-0.3, -0.25) is 4.79 Å². The number of nitrogens with two attached hydrogens (primary N) is 1. The molecule has 1 heterocycles. The standard InChI is InChI=1S/C12H15FN2O/c1-8-2-3-9(6-10(8)13)7-15-5-4-11(14)12(15)16/h2-3,6,11H,4-5,7,14H2,1H3/t11-/m0/s1. The van der Waals surface area contributed by atoms with Crippen molar-refractivity contribution in [1.82, 2.24) is 4.90 Å². The van der Waals surface area contributed by atoms with Gasteiger partial charge in [-0.1, -0.05) is 12.1 Å². The smallest absolute Gasteiger partial charge is 0.239 e. The minimum atomic E-state index is -0.379. The summed E-state index contributed by atoms with van der Waals surface area (Å²) in [4.78, 5) is 13.2. The highest BCUT2D eigenvalue weighted by molar-refractivity contribution is 5.83. The van der Waals surface area contributed by atoms with Crippen LogP contribution in [-0.4, -0.2) is 23.4 Å². The first-order chi connectivity index (χ1) is 7.58. The van der Waals surface area contributed by atoms with Crippen molar-refractivity contribution < 1.29 is 9.18 Å². The van der Waals surface area contributed by atoms with Gasteiger partial charge in [-0.15, -0.1) is 0 Å². The van der Waals surface area contributed by atoms with Gasteiger partial charge in [-0.05, 0) is 30.5 Å². The predicted molar refractivity (Wildman–Crippen MR) is 59.1 cm³/mol. The van der Waals surface area contributed by atoms with Crippen molar-refractivity contribution in [3.05, 3.63) is 35.1 Å². The Labute approximate surface area is 94.0 Å². The van der Waals surface area contributed by atoms with Crippen molar-refractivity contribution in [3.8, 4) is 0 Å². The third kappa shape index (κ3) is 2.07. The number of halogens is 1. The molecule has 3 nitrogen and oxygen atoms in total. The molecule has 0 aliphatic carbocycles. The van der Waals surface area contributed by atoms with Crippen LogP contribution in [-0.2, 0) is 11.3 Å². The van der Waals surface area contributed by atoms with Gasteiger partial charge in [0.05, 0.1) is 6.04 Å². The molecule has 0 aromatic heterocycles. The SMILES string of the molecule is Cc1ccc(CN2CC[C@H](N)C2=O)cc1F. The van der Waals surface area contributed by atoms with Crippen molar-refractivity contribution in [1.29, 1.82) is 0 Å². The molecule has 0 spiro atoms. The Balaban J connectivity index is 2.10. The second-order valence-electron chi connectivity index (χ2n) is 4.24. The number of carbonyl (C=O) groups excluding carboxylic acids is 1. The fraction of sp³-hybridized carbons (Fsp3) is 0.417. The van der Waals surface area contributed by atoms with Crippen molar-refractivity contribution in [2.75, 3.05) is 6.54 Å². The van der Waals surface area contributed by atoms with E-state index in [0.717, 1.165) is 5.56 Å². The van der Waals surface area contributed by atoms with Crippen molar-refractivity contribution >= 4 is 5.91 Å². The highest BCUT2D eigenvalue weighted by Gasteiger charge is 2.28. The van der Waals surface area contributed by atoms with E-state index in [4.69, 9.17) is 5.73 Å².